The van der Waals surface area contributed by atoms with Crippen molar-refractivity contribution in [3.8, 4) is 11.4 Å². The lowest BCUT2D eigenvalue weighted by molar-refractivity contribution is -0.274. The van der Waals surface area contributed by atoms with E-state index in [1.165, 1.54) is 10.6 Å². The molecule has 0 saturated heterocycles. The number of halogens is 6. The molecule has 0 N–H and O–H groups in total. The zero-order chi connectivity index (χ0) is 18.5. The normalized spacial score (nSPS) is 12.0. The van der Waals surface area contributed by atoms with Gasteiger partial charge in [-0.15, -0.1) is 13.2 Å². The maximum Gasteiger partial charge on any atom is 0.573 e. The highest BCUT2D eigenvalue weighted by atomic mass is 79.9. The van der Waals surface area contributed by atoms with Crippen LogP contribution < -0.4 is 4.74 Å². The number of alkyl halides is 3. The second-order valence-corrected chi connectivity index (χ2v) is 7.35. The van der Waals surface area contributed by atoms with E-state index in [1.807, 2.05) is 0 Å². The highest BCUT2D eigenvalue weighted by Crippen LogP contribution is 2.40. The predicted molar refractivity (Wildman–Crippen MR) is 95.4 cm³/mol. The van der Waals surface area contributed by atoms with Gasteiger partial charge in [-0.2, -0.15) is 0 Å². The van der Waals surface area contributed by atoms with E-state index < -0.39 is 6.36 Å². The van der Waals surface area contributed by atoms with Crippen molar-refractivity contribution < 1.29 is 17.9 Å². The quantitative estimate of drug-likeness (QED) is 0.399. The molecule has 1 aromatic carbocycles. The summed E-state index contributed by atoms with van der Waals surface area (Å²) in [5.74, 6) is 0.0291. The zero-order valence-corrected chi connectivity index (χ0v) is 16.7. The predicted octanol–water partition coefficient (Wildman–Crippen LogP) is 6.11. The van der Waals surface area contributed by atoms with Crippen molar-refractivity contribution in [3.63, 3.8) is 0 Å². The van der Waals surface area contributed by atoms with Gasteiger partial charge < -0.3 is 4.74 Å². The van der Waals surface area contributed by atoms with Crippen molar-refractivity contribution >= 4 is 54.5 Å². The van der Waals surface area contributed by atoms with Gasteiger partial charge in [-0.1, -0.05) is 27.5 Å². The summed E-state index contributed by atoms with van der Waals surface area (Å²) in [6, 6.07) is 2.86. The van der Waals surface area contributed by atoms with Crippen molar-refractivity contribution in [2.75, 3.05) is 0 Å². The summed E-state index contributed by atoms with van der Waals surface area (Å²) in [6.45, 7) is 3.43. The molecule has 0 radical (unpaired) electrons. The van der Waals surface area contributed by atoms with Crippen LogP contribution in [0.3, 0.4) is 0 Å². The molecule has 0 aliphatic rings. The second kappa shape index (κ2) is 6.44. The summed E-state index contributed by atoms with van der Waals surface area (Å²) in [5, 5.41) is 0.810. The minimum atomic E-state index is -4.84. The lowest BCUT2D eigenvalue weighted by Crippen LogP contribution is -2.18. The average molecular weight is 500 g/mol. The van der Waals surface area contributed by atoms with Crippen molar-refractivity contribution in [1.29, 1.82) is 0 Å². The molecule has 4 nitrogen and oxygen atoms in total. The number of nitrogens with zero attached hydrogens (tertiary/aromatic N) is 3. The Morgan fingerprint density at radius 2 is 1.84 bits per heavy atom. The lowest BCUT2D eigenvalue weighted by atomic mass is 10.3. The fourth-order valence-corrected chi connectivity index (χ4v) is 4.24. The molecule has 2 aromatic heterocycles. The first kappa shape index (κ1) is 18.5. The molecular formula is C15H9Br2ClF3N3O. The van der Waals surface area contributed by atoms with Gasteiger partial charge in [-0.25, -0.2) is 9.97 Å². The largest absolute Gasteiger partial charge is 0.573 e. The fourth-order valence-electron chi connectivity index (χ4n) is 2.51. The number of rotatable bonds is 2. The molecule has 3 aromatic rings. The first-order chi connectivity index (χ1) is 11.6. The van der Waals surface area contributed by atoms with Gasteiger partial charge in [-0.3, -0.25) is 4.57 Å². The Bertz CT molecular complexity index is 989. The Balaban J connectivity index is 2.36. The van der Waals surface area contributed by atoms with Gasteiger partial charge in [-0.05, 0) is 47.5 Å². The molecule has 0 unspecified atom stereocenters. The van der Waals surface area contributed by atoms with Gasteiger partial charge in [0.2, 0.25) is 0 Å². The zero-order valence-electron chi connectivity index (χ0n) is 12.7. The molecule has 0 aliphatic carbocycles. The van der Waals surface area contributed by atoms with Crippen molar-refractivity contribution in [1.82, 2.24) is 14.5 Å². The molecule has 0 bridgehead atoms. The van der Waals surface area contributed by atoms with E-state index in [0.717, 1.165) is 5.56 Å². The van der Waals surface area contributed by atoms with Crippen LogP contribution in [0.2, 0.25) is 5.15 Å². The Morgan fingerprint density at radius 3 is 2.48 bits per heavy atom. The number of aryl methyl sites for hydroxylation is 2. The van der Waals surface area contributed by atoms with Crippen LogP contribution in [0.5, 0.6) is 5.75 Å². The van der Waals surface area contributed by atoms with Crippen LogP contribution >= 0.6 is 43.5 Å². The van der Waals surface area contributed by atoms with Crippen molar-refractivity contribution in [3.05, 3.63) is 43.8 Å². The standard InChI is InChI=1S/C15H9Br2ClF3N3O/c1-6-5-24(14-11(6)13(18)22-7(2)23-14)12-9(17)3-8(16)4-10(12)25-15(19,20)21/h3-5H,1-2H3. The summed E-state index contributed by atoms with van der Waals surface area (Å²) in [4.78, 5) is 8.43. The Hall–Kier alpha value is -1.32. The third kappa shape index (κ3) is 3.63. The maximum atomic E-state index is 12.8. The molecule has 0 amide bonds. The SMILES string of the molecule is Cc1nc(Cl)c2c(C)cn(-c3c(Br)cc(Br)cc3OC(F)(F)F)c2n1. The van der Waals surface area contributed by atoms with Gasteiger partial charge in [0.15, 0.2) is 5.75 Å². The van der Waals surface area contributed by atoms with E-state index in [4.69, 9.17) is 11.6 Å². The van der Waals surface area contributed by atoms with Gasteiger partial charge in [0, 0.05) is 15.1 Å². The molecule has 132 valence electrons. The first-order valence-electron chi connectivity index (χ1n) is 6.84. The van der Waals surface area contributed by atoms with Crippen molar-refractivity contribution in [2.24, 2.45) is 0 Å². The Labute approximate surface area is 162 Å². The molecule has 0 atom stereocenters. The smallest absolute Gasteiger partial charge is 0.403 e. The minimum absolute atomic E-state index is 0.160. The summed E-state index contributed by atoms with van der Waals surface area (Å²) >= 11 is 12.7. The lowest BCUT2D eigenvalue weighted by Gasteiger charge is -2.16. The van der Waals surface area contributed by atoms with Crippen LogP contribution in [-0.2, 0) is 0 Å². The monoisotopic (exact) mass is 497 g/mol. The minimum Gasteiger partial charge on any atom is -0.403 e. The summed E-state index contributed by atoms with van der Waals surface area (Å²) in [6.07, 6.45) is -3.20. The number of aromatic nitrogens is 3. The van der Waals surface area contributed by atoms with E-state index in [-0.39, 0.29) is 16.6 Å². The molecule has 0 saturated carbocycles. The molecule has 0 aliphatic heterocycles. The molecule has 25 heavy (non-hydrogen) atoms. The third-order valence-corrected chi connectivity index (χ3v) is 4.70. The average Bonchev–Trinajstić information content (AvgIpc) is 2.73. The van der Waals surface area contributed by atoms with Crippen LogP contribution in [0.1, 0.15) is 11.4 Å². The maximum absolute atomic E-state index is 12.8. The van der Waals surface area contributed by atoms with E-state index in [2.05, 4.69) is 46.6 Å². The second-order valence-electron chi connectivity index (χ2n) is 5.22. The fraction of sp³-hybridized carbons (Fsp3) is 0.200. The van der Waals surface area contributed by atoms with Gasteiger partial charge >= 0.3 is 6.36 Å². The number of hydrogen-bond acceptors (Lipinski definition) is 3. The molecule has 2 heterocycles. The molecule has 0 fully saturated rings. The number of ether oxygens (including phenoxy) is 1. The van der Waals surface area contributed by atoms with Gasteiger partial charge in [0.1, 0.15) is 22.3 Å². The van der Waals surface area contributed by atoms with Crippen LogP contribution in [0, 0.1) is 13.8 Å². The summed E-state index contributed by atoms with van der Waals surface area (Å²) < 4.78 is 45.1. The third-order valence-electron chi connectivity index (χ3n) is 3.36. The number of fused-ring (bicyclic) bond motifs is 1. The topological polar surface area (TPSA) is 39.9 Å². The highest BCUT2D eigenvalue weighted by Gasteiger charge is 2.33. The van der Waals surface area contributed by atoms with Crippen LogP contribution in [0.15, 0.2) is 27.3 Å². The van der Waals surface area contributed by atoms with E-state index in [0.29, 0.717) is 25.8 Å². The van der Waals surface area contributed by atoms with Gasteiger partial charge in [0.25, 0.3) is 0 Å². The Kier molecular flexibility index (Phi) is 4.76. The molecule has 10 heteroatoms. The highest BCUT2D eigenvalue weighted by molar-refractivity contribution is 9.11. The number of benzene rings is 1. The van der Waals surface area contributed by atoms with E-state index >= 15 is 0 Å². The van der Waals surface area contributed by atoms with E-state index in [9.17, 15) is 13.2 Å². The molecule has 3 rings (SSSR count). The summed E-state index contributed by atoms with van der Waals surface area (Å²) in [7, 11) is 0. The molecule has 0 spiro atoms. The summed E-state index contributed by atoms with van der Waals surface area (Å²) in [5.41, 5.74) is 1.28. The molecular weight excluding hydrogens is 490 g/mol. The number of hydrogen-bond donors (Lipinski definition) is 0. The van der Waals surface area contributed by atoms with Crippen LogP contribution in [0.25, 0.3) is 16.7 Å². The first-order valence-corrected chi connectivity index (χ1v) is 8.80. The van der Waals surface area contributed by atoms with E-state index in [1.54, 1.807) is 26.1 Å². The van der Waals surface area contributed by atoms with Crippen LogP contribution in [0.4, 0.5) is 13.2 Å². The van der Waals surface area contributed by atoms with Crippen molar-refractivity contribution in [2.45, 2.75) is 20.2 Å². The van der Waals surface area contributed by atoms with Gasteiger partial charge in [0.05, 0.1) is 5.39 Å². The Morgan fingerprint density at radius 1 is 1.16 bits per heavy atom. The van der Waals surface area contributed by atoms with Crippen LogP contribution in [-0.4, -0.2) is 20.9 Å².